The van der Waals surface area contributed by atoms with E-state index in [9.17, 15) is 0 Å². The second-order valence-electron chi connectivity index (χ2n) is 5.12. The molecule has 2 fully saturated rings. The molecule has 0 radical (unpaired) electrons. The van der Waals surface area contributed by atoms with Gasteiger partial charge in [-0.1, -0.05) is 45.4 Å². The predicted octanol–water partition coefficient (Wildman–Crippen LogP) is 3.27. The van der Waals surface area contributed by atoms with Crippen LogP contribution >= 0.6 is 0 Å². The SMILES string of the molecule is CCCCCCCC[C@H]1OC(OCC)[C@@H]2O[C@H]12. The highest BCUT2D eigenvalue weighted by atomic mass is 16.8. The van der Waals surface area contributed by atoms with Crippen LogP contribution in [0.1, 0.15) is 58.8 Å². The zero-order valence-corrected chi connectivity index (χ0v) is 11.2. The Kier molecular flexibility index (Phi) is 5.26. The molecule has 2 heterocycles. The van der Waals surface area contributed by atoms with E-state index >= 15 is 0 Å². The van der Waals surface area contributed by atoms with Gasteiger partial charge in [-0.05, 0) is 13.3 Å². The number of fused-ring (bicyclic) bond motifs is 1. The van der Waals surface area contributed by atoms with Crippen molar-refractivity contribution in [3.63, 3.8) is 0 Å². The van der Waals surface area contributed by atoms with Gasteiger partial charge in [-0.15, -0.1) is 0 Å². The third-order valence-corrected chi connectivity index (χ3v) is 3.68. The minimum atomic E-state index is -0.0879. The van der Waals surface area contributed by atoms with Crippen LogP contribution in [0, 0.1) is 0 Å². The standard InChI is InChI=1S/C14H26O3/c1-3-5-6-7-8-9-10-11-12-13(17-12)14(16-11)15-4-2/h11-14H,3-10H2,1-2H3/t11-,12-,13-,14?/m1/s1. The van der Waals surface area contributed by atoms with Crippen molar-refractivity contribution in [3.05, 3.63) is 0 Å². The Morgan fingerprint density at radius 1 is 0.882 bits per heavy atom. The van der Waals surface area contributed by atoms with Crippen LogP contribution in [-0.2, 0) is 14.2 Å². The molecule has 2 rings (SSSR count). The van der Waals surface area contributed by atoms with Crippen molar-refractivity contribution >= 4 is 0 Å². The Labute approximate surface area is 105 Å². The van der Waals surface area contributed by atoms with E-state index in [1.807, 2.05) is 6.92 Å². The Balaban J connectivity index is 1.52. The van der Waals surface area contributed by atoms with Crippen LogP contribution in [0.4, 0.5) is 0 Å². The summed E-state index contributed by atoms with van der Waals surface area (Å²) in [6, 6.07) is 0. The highest BCUT2D eigenvalue weighted by Gasteiger charge is 2.58. The quantitative estimate of drug-likeness (QED) is 0.459. The van der Waals surface area contributed by atoms with Crippen molar-refractivity contribution < 1.29 is 14.2 Å². The van der Waals surface area contributed by atoms with Gasteiger partial charge in [0.25, 0.3) is 0 Å². The highest BCUT2D eigenvalue weighted by molar-refractivity contribution is 4.99. The lowest BCUT2D eigenvalue weighted by Gasteiger charge is -2.17. The molecule has 17 heavy (non-hydrogen) atoms. The van der Waals surface area contributed by atoms with Crippen LogP contribution in [0.5, 0.6) is 0 Å². The van der Waals surface area contributed by atoms with Crippen LogP contribution in [0.15, 0.2) is 0 Å². The summed E-state index contributed by atoms with van der Waals surface area (Å²) in [5, 5.41) is 0. The van der Waals surface area contributed by atoms with E-state index in [4.69, 9.17) is 14.2 Å². The summed E-state index contributed by atoms with van der Waals surface area (Å²) >= 11 is 0. The van der Waals surface area contributed by atoms with Gasteiger partial charge in [-0.2, -0.15) is 0 Å². The molecule has 0 N–H and O–H groups in total. The third kappa shape index (κ3) is 3.67. The Bertz CT molecular complexity index is 220. The van der Waals surface area contributed by atoms with Gasteiger partial charge < -0.3 is 14.2 Å². The van der Waals surface area contributed by atoms with Gasteiger partial charge in [0.2, 0.25) is 0 Å². The maximum atomic E-state index is 5.84. The van der Waals surface area contributed by atoms with Crippen LogP contribution < -0.4 is 0 Å². The Morgan fingerprint density at radius 3 is 2.41 bits per heavy atom. The van der Waals surface area contributed by atoms with Gasteiger partial charge in [0.1, 0.15) is 12.2 Å². The molecule has 3 nitrogen and oxygen atoms in total. The molecular weight excluding hydrogens is 216 g/mol. The molecular formula is C14H26O3. The summed E-state index contributed by atoms with van der Waals surface area (Å²) in [7, 11) is 0. The average Bonchev–Trinajstić information content (AvgIpc) is 3.05. The number of ether oxygens (including phenoxy) is 3. The van der Waals surface area contributed by atoms with Crippen molar-refractivity contribution in [1.29, 1.82) is 0 Å². The fraction of sp³-hybridized carbons (Fsp3) is 1.00. The van der Waals surface area contributed by atoms with Gasteiger partial charge in [0.05, 0.1) is 6.10 Å². The number of epoxide rings is 1. The topological polar surface area (TPSA) is 31.0 Å². The first-order valence-electron chi connectivity index (χ1n) is 7.29. The summed E-state index contributed by atoms with van der Waals surface area (Å²) < 4.78 is 16.9. The molecule has 2 aliphatic rings. The number of hydrogen-bond donors (Lipinski definition) is 0. The summed E-state index contributed by atoms with van der Waals surface area (Å²) in [6.07, 6.45) is 9.95. The molecule has 0 saturated carbocycles. The molecule has 2 saturated heterocycles. The maximum Gasteiger partial charge on any atom is 0.186 e. The Hall–Kier alpha value is -0.120. The maximum absolute atomic E-state index is 5.84. The molecule has 0 amide bonds. The highest BCUT2D eigenvalue weighted by Crippen LogP contribution is 2.41. The van der Waals surface area contributed by atoms with Crippen LogP contribution in [0.2, 0.25) is 0 Å². The molecule has 1 unspecified atom stereocenters. The van der Waals surface area contributed by atoms with Gasteiger partial charge in [0.15, 0.2) is 6.29 Å². The van der Waals surface area contributed by atoms with E-state index in [1.54, 1.807) is 0 Å². The largest absolute Gasteiger partial charge is 0.361 e. The summed E-state index contributed by atoms with van der Waals surface area (Å²) in [4.78, 5) is 0. The molecule has 4 atom stereocenters. The molecule has 0 bridgehead atoms. The zero-order chi connectivity index (χ0) is 12.1. The lowest BCUT2D eigenvalue weighted by atomic mass is 10.1. The van der Waals surface area contributed by atoms with Crippen molar-refractivity contribution in [2.45, 2.75) is 83.4 Å². The van der Waals surface area contributed by atoms with Crippen LogP contribution in [0.25, 0.3) is 0 Å². The second kappa shape index (κ2) is 6.72. The van der Waals surface area contributed by atoms with Gasteiger partial charge in [-0.3, -0.25) is 0 Å². The second-order valence-corrected chi connectivity index (χ2v) is 5.12. The lowest BCUT2D eigenvalue weighted by molar-refractivity contribution is -0.172. The minimum absolute atomic E-state index is 0.0879. The van der Waals surface area contributed by atoms with Gasteiger partial charge >= 0.3 is 0 Å². The fourth-order valence-corrected chi connectivity index (χ4v) is 2.64. The van der Waals surface area contributed by atoms with Crippen molar-refractivity contribution in [3.8, 4) is 0 Å². The minimum Gasteiger partial charge on any atom is -0.361 e. The number of hydrogen-bond acceptors (Lipinski definition) is 3. The summed E-state index contributed by atoms with van der Waals surface area (Å²) in [6.45, 7) is 4.97. The predicted molar refractivity (Wildman–Crippen MR) is 66.9 cm³/mol. The fourth-order valence-electron chi connectivity index (χ4n) is 2.64. The van der Waals surface area contributed by atoms with Crippen molar-refractivity contribution in [1.82, 2.24) is 0 Å². The molecule has 3 heteroatoms. The summed E-state index contributed by atoms with van der Waals surface area (Å²) in [5.74, 6) is 0. The number of rotatable bonds is 9. The first-order valence-corrected chi connectivity index (χ1v) is 7.29. The molecule has 100 valence electrons. The molecule has 0 spiro atoms. The molecule has 0 aromatic rings. The zero-order valence-electron chi connectivity index (χ0n) is 11.2. The summed E-state index contributed by atoms with van der Waals surface area (Å²) in [5.41, 5.74) is 0. The van der Waals surface area contributed by atoms with Gasteiger partial charge in [-0.25, -0.2) is 0 Å². The lowest BCUT2D eigenvalue weighted by Crippen LogP contribution is -2.22. The molecule has 2 aliphatic heterocycles. The first kappa shape index (κ1) is 13.3. The monoisotopic (exact) mass is 242 g/mol. The van der Waals surface area contributed by atoms with E-state index in [-0.39, 0.29) is 12.4 Å². The smallest absolute Gasteiger partial charge is 0.186 e. The van der Waals surface area contributed by atoms with E-state index in [0.717, 1.165) is 6.42 Å². The van der Waals surface area contributed by atoms with Gasteiger partial charge in [0, 0.05) is 6.61 Å². The van der Waals surface area contributed by atoms with E-state index < -0.39 is 0 Å². The Morgan fingerprint density at radius 2 is 1.65 bits per heavy atom. The van der Waals surface area contributed by atoms with E-state index in [0.29, 0.717) is 18.8 Å². The molecule has 0 aromatic heterocycles. The normalized spacial score (nSPS) is 34.9. The molecule has 0 aromatic carbocycles. The van der Waals surface area contributed by atoms with Crippen molar-refractivity contribution in [2.75, 3.05) is 6.61 Å². The average molecular weight is 242 g/mol. The van der Waals surface area contributed by atoms with Crippen LogP contribution in [-0.4, -0.2) is 31.2 Å². The third-order valence-electron chi connectivity index (χ3n) is 3.68. The first-order chi connectivity index (χ1) is 8.36. The molecule has 0 aliphatic carbocycles. The van der Waals surface area contributed by atoms with E-state index in [2.05, 4.69) is 6.92 Å². The number of unbranched alkanes of at least 4 members (excludes halogenated alkanes) is 5. The van der Waals surface area contributed by atoms with E-state index in [1.165, 1.54) is 38.5 Å². The van der Waals surface area contributed by atoms with Crippen LogP contribution in [0.3, 0.4) is 0 Å². The van der Waals surface area contributed by atoms with Crippen molar-refractivity contribution in [2.24, 2.45) is 0 Å².